The maximum atomic E-state index is 11.7. The third-order valence-corrected chi connectivity index (χ3v) is 3.24. The van der Waals surface area contributed by atoms with Gasteiger partial charge in [0.2, 0.25) is 5.91 Å². The van der Waals surface area contributed by atoms with E-state index in [1.807, 2.05) is 12.1 Å². The lowest BCUT2D eigenvalue weighted by molar-refractivity contribution is -0.127. The average Bonchev–Trinajstić information content (AvgIpc) is 2.82. The van der Waals surface area contributed by atoms with Crippen molar-refractivity contribution in [3.8, 4) is 0 Å². The zero-order valence-electron chi connectivity index (χ0n) is 10.6. The van der Waals surface area contributed by atoms with Gasteiger partial charge < -0.3 is 9.80 Å². The second-order valence-electron chi connectivity index (χ2n) is 4.83. The molecule has 1 aliphatic rings. The molecule has 0 aliphatic carbocycles. The van der Waals surface area contributed by atoms with Crippen LogP contribution in [-0.4, -0.2) is 38.0 Å². The van der Waals surface area contributed by atoms with Gasteiger partial charge in [-0.1, -0.05) is 12.1 Å². The number of carbonyl (C=O) groups is 1. The van der Waals surface area contributed by atoms with Crippen molar-refractivity contribution >= 4 is 11.6 Å². The highest BCUT2D eigenvalue weighted by atomic mass is 16.2. The van der Waals surface area contributed by atoms with Gasteiger partial charge in [-0.2, -0.15) is 0 Å². The van der Waals surface area contributed by atoms with Gasteiger partial charge in [0.1, 0.15) is 0 Å². The molecule has 0 bridgehead atoms. The van der Waals surface area contributed by atoms with Crippen LogP contribution in [0.15, 0.2) is 24.3 Å². The van der Waals surface area contributed by atoms with Crippen molar-refractivity contribution in [2.24, 2.45) is 0 Å². The molecule has 0 N–H and O–H groups in total. The zero-order valence-corrected chi connectivity index (χ0v) is 10.6. The fourth-order valence-corrected chi connectivity index (χ4v) is 2.17. The van der Waals surface area contributed by atoms with Crippen LogP contribution in [0.1, 0.15) is 18.4 Å². The van der Waals surface area contributed by atoms with Gasteiger partial charge in [-0.25, -0.2) is 0 Å². The number of benzene rings is 1. The zero-order chi connectivity index (χ0) is 12.3. The summed E-state index contributed by atoms with van der Waals surface area (Å²) < 4.78 is 0. The molecule has 3 heteroatoms. The average molecular weight is 232 g/mol. The molecule has 1 amide bonds. The molecule has 0 spiro atoms. The maximum absolute atomic E-state index is 11.7. The Labute approximate surface area is 103 Å². The first-order valence-electron chi connectivity index (χ1n) is 6.21. The molecule has 17 heavy (non-hydrogen) atoms. The maximum Gasteiger partial charge on any atom is 0.226 e. The molecule has 0 radical (unpaired) electrons. The van der Waals surface area contributed by atoms with Crippen molar-refractivity contribution in [2.45, 2.75) is 19.3 Å². The first-order valence-corrected chi connectivity index (χ1v) is 6.21. The summed E-state index contributed by atoms with van der Waals surface area (Å²) in [6.45, 7) is 2.29. The summed E-state index contributed by atoms with van der Waals surface area (Å²) in [4.78, 5) is 15.7. The second-order valence-corrected chi connectivity index (χ2v) is 4.83. The summed E-state index contributed by atoms with van der Waals surface area (Å²) in [5, 5.41) is 0. The lowest BCUT2D eigenvalue weighted by Gasteiger charge is -2.18. The van der Waals surface area contributed by atoms with Gasteiger partial charge in [0.05, 0.1) is 6.42 Å². The van der Waals surface area contributed by atoms with Crippen LogP contribution in [0.4, 0.5) is 5.69 Å². The Morgan fingerprint density at radius 3 is 2.65 bits per heavy atom. The molecule has 92 valence electrons. The number of hydrogen-bond acceptors (Lipinski definition) is 2. The summed E-state index contributed by atoms with van der Waals surface area (Å²) in [7, 11) is 3.60. The van der Waals surface area contributed by atoms with Crippen molar-refractivity contribution in [1.82, 2.24) is 4.90 Å². The van der Waals surface area contributed by atoms with Gasteiger partial charge in [0, 0.05) is 32.9 Å². The molecule has 0 unspecified atom stereocenters. The number of amides is 1. The molecule has 1 heterocycles. The lowest BCUT2D eigenvalue weighted by atomic mass is 10.1. The molecule has 0 aromatic heterocycles. The van der Waals surface area contributed by atoms with E-state index in [0.717, 1.165) is 18.7 Å². The Morgan fingerprint density at radius 1 is 1.29 bits per heavy atom. The van der Waals surface area contributed by atoms with Crippen LogP contribution < -0.4 is 4.90 Å². The van der Waals surface area contributed by atoms with Crippen LogP contribution in [0.5, 0.6) is 0 Å². The van der Waals surface area contributed by atoms with E-state index >= 15 is 0 Å². The number of anilines is 1. The van der Waals surface area contributed by atoms with Crippen LogP contribution in [0, 0.1) is 0 Å². The predicted octanol–water partition coefficient (Wildman–Crippen LogP) is 1.92. The Morgan fingerprint density at radius 2 is 2.00 bits per heavy atom. The van der Waals surface area contributed by atoms with Gasteiger partial charge >= 0.3 is 0 Å². The van der Waals surface area contributed by atoms with Crippen molar-refractivity contribution in [3.63, 3.8) is 0 Å². The van der Waals surface area contributed by atoms with E-state index in [2.05, 4.69) is 17.0 Å². The molecule has 1 saturated heterocycles. The van der Waals surface area contributed by atoms with Gasteiger partial charge in [-0.3, -0.25) is 4.79 Å². The molecule has 1 fully saturated rings. The quantitative estimate of drug-likeness (QED) is 0.795. The standard InChI is InChI=1S/C14H20N2O/c1-15(2)14(17)11-12-6-5-7-13(10-12)16-8-3-4-9-16/h5-7,10H,3-4,8-9,11H2,1-2H3. The van der Waals surface area contributed by atoms with Crippen LogP contribution in [0.25, 0.3) is 0 Å². The molecular weight excluding hydrogens is 212 g/mol. The molecule has 1 aromatic carbocycles. The Bertz CT molecular complexity index is 395. The molecule has 3 nitrogen and oxygen atoms in total. The monoisotopic (exact) mass is 232 g/mol. The van der Waals surface area contributed by atoms with Gasteiger partial charge in [-0.05, 0) is 30.5 Å². The molecule has 1 aromatic rings. The third kappa shape index (κ3) is 2.99. The number of hydrogen-bond donors (Lipinski definition) is 0. The lowest BCUT2D eigenvalue weighted by Crippen LogP contribution is -2.23. The van der Waals surface area contributed by atoms with Crippen molar-refractivity contribution in [1.29, 1.82) is 0 Å². The summed E-state index contributed by atoms with van der Waals surface area (Å²) >= 11 is 0. The summed E-state index contributed by atoms with van der Waals surface area (Å²) in [6, 6.07) is 8.36. The minimum absolute atomic E-state index is 0.156. The van der Waals surface area contributed by atoms with E-state index in [9.17, 15) is 4.79 Å². The molecule has 0 atom stereocenters. The van der Waals surface area contributed by atoms with E-state index in [0.29, 0.717) is 6.42 Å². The third-order valence-electron chi connectivity index (χ3n) is 3.24. The van der Waals surface area contributed by atoms with Crippen LogP contribution in [0.2, 0.25) is 0 Å². The predicted molar refractivity (Wildman–Crippen MR) is 70.3 cm³/mol. The van der Waals surface area contributed by atoms with Crippen LogP contribution in [0.3, 0.4) is 0 Å². The molecule has 1 aliphatic heterocycles. The van der Waals surface area contributed by atoms with Crippen molar-refractivity contribution < 1.29 is 4.79 Å². The second kappa shape index (κ2) is 5.21. The summed E-state index contributed by atoms with van der Waals surface area (Å²) in [6.07, 6.45) is 3.05. The Hall–Kier alpha value is -1.51. The topological polar surface area (TPSA) is 23.6 Å². The van der Waals surface area contributed by atoms with Crippen LogP contribution >= 0.6 is 0 Å². The van der Waals surface area contributed by atoms with E-state index in [1.54, 1.807) is 19.0 Å². The van der Waals surface area contributed by atoms with Crippen molar-refractivity contribution in [3.05, 3.63) is 29.8 Å². The molecular formula is C14H20N2O. The fourth-order valence-electron chi connectivity index (χ4n) is 2.17. The first-order chi connectivity index (χ1) is 8.16. The van der Waals surface area contributed by atoms with Gasteiger partial charge in [0.15, 0.2) is 0 Å². The highest BCUT2D eigenvalue weighted by Crippen LogP contribution is 2.21. The summed E-state index contributed by atoms with van der Waals surface area (Å²) in [5.74, 6) is 0.156. The SMILES string of the molecule is CN(C)C(=O)Cc1cccc(N2CCCC2)c1. The minimum Gasteiger partial charge on any atom is -0.372 e. The number of nitrogens with zero attached hydrogens (tertiary/aromatic N) is 2. The fraction of sp³-hybridized carbons (Fsp3) is 0.500. The smallest absolute Gasteiger partial charge is 0.226 e. The number of carbonyl (C=O) groups excluding carboxylic acids is 1. The van der Waals surface area contributed by atoms with E-state index in [4.69, 9.17) is 0 Å². The van der Waals surface area contributed by atoms with Crippen molar-refractivity contribution in [2.75, 3.05) is 32.1 Å². The molecule has 2 rings (SSSR count). The Balaban J connectivity index is 2.08. The molecule has 0 saturated carbocycles. The van der Waals surface area contributed by atoms with Gasteiger partial charge in [-0.15, -0.1) is 0 Å². The normalized spacial score (nSPS) is 15.1. The highest BCUT2D eigenvalue weighted by Gasteiger charge is 2.13. The first kappa shape index (κ1) is 12.0. The number of rotatable bonds is 3. The van der Waals surface area contributed by atoms with Crippen LogP contribution in [-0.2, 0) is 11.2 Å². The number of likely N-dealkylation sites (N-methyl/N-ethyl adjacent to an activating group) is 1. The summed E-state index contributed by atoms with van der Waals surface area (Å²) in [5.41, 5.74) is 2.36. The van der Waals surface area contributed by atoms with E-state index in [-0.39, 0.29) is 5.91 Å². The van der Waals surface area contributed by atoms with E-state index in [1.165, 1.54) is 18.5 Å². The Kier molecular flexibility index (Phi) is 3.67. The van der Waals surface area contributed by atoms with Gasteiger partial charge in [0.25, 0.3) is 0 Å². The minimum atomic E-state index is 0.156. The van der Waals surface area contributed by atoms with E-state index < -0.39 is 0 Å². The largest absolute Gasteiger partial charge is 0.372 e. The highest BCUT2D eigenvalue weighted by molar-refractivity contribution is 5.78.